The molecule has 7 heteroatoms. The summed E-state index contributed by atoms with van der Waals surface area (Å²) in [6.45, 7) is 1.99. The highest BCUT2D eigenvalue weighted by Crippen LogP contribution is 2.25. The number of carbonyl (C=O) groups excluding carboxylic acids is 1. The van der Waals surface area contributed by atoms with Crippen LogP contribution in [0.1, 0.15) is 12.6 Å². The van der Waals surface area contributed by atoms with E-state index in [2.05, 4.69) is 9.97 Å². The van der Waals surface area contributed by atoms with E-state index in [1.807, 2.05) is 0 Å². The molecule has 0 fully saturated rings. The van der Waals surface area contributed by atoms with Crippen molar-refractivity contribution < 1.29 is 14.3 Å². The van der Waals surface area contributed by atoms with Crippen molar-refractivity contribution in [1.82, 2.24) is 9.97 Å². The molecule has 0 N–H and O–H groups in total. The molecule has 0 saturated carbocycles. The minimum absolute atomic E-state index is 0.233. The molecule has 0 bridgehead atoms. The lowest BCUT2D eigenvalue weighted by molar-refractivity contribution is -0.151. The summed E-state index contributed by atoms with van der Waals surface area (Å²) in [5.41, 5.74) is 0.619. The normalized spacial score (nSPS) is 11.8. The highest BCUT2D eigenvalue weighted by atomic mass is 35.5. The molecule has 1 aromatic heterocycles. The van der Waals surface area contributed by atoms with Crippen LogP contribution in [0.4, 0.5) is 0 Å². The third-order valence-corrected chi connectivity index (χ3v) is 3.11. The number of benzene rings is 1. The van der Waals surface area contributed by atoms with E-state index in [-0.39, 0.29) is 13.0 Å². The summed E-state index contributed by atoms with van der Waals surface area (Å²) in [4.78, 5) is 20.2. The molecule has 1 unspecified atom stereocenters. The summed E-state index contributed by atoms with van der Waals surface area (Å²) in [6, 6.07) is 4.74. The Hall–Kier alpha value is -1.85. The molecular weight excluding hydrogens is 327 g/mol. The molecule has 1 aromatic carbocycles. The fourth-order valence-electron chi connectivity index (χ4n) is 1.79. The molecular formula is C15H14Cl2N2O3. The van der Waals surface area contributed by atoms with Crippen LogP contribution < -0.4 is 4.74 Å². The van der Waals surface area contributed by atoms with Crippen LogP contribution in [-0.2, 0) is 16.0 Å². The largest absolute Gasteiger partial charge is 0.478 e. The molecule has 0 aliphatic heterocycles. The van der Waals surface area contributed by atoms with E-state index in [4.69, 9.17) is 32.7 Å². The molecule has 116 valence electrons. The zero-order valence-electron chi connectivity index (χ0n) is 11.8. The molecule has 2 aromatic rings. The van der Waals surface area contributed by atoms with Crippen molar-refractivity contribution in [3.63, 3.8) is 0 Å². The number of nitrogens with zero attached hydrogens (tertiary/aromatic N) is 2. The van der Waals surface area contributed by atoms with E-state index in [1.165, 1.54) is 0 Å². The van der Waals surface area contributed by atoms with E-state index in [1.54, 1.807) is 43.7 Å². The van der Waals surface area contributed by atoms with Crippen LogP contribution in [0, 0.1) is 0 Å². The number of hydrogen-bond acceptors (Lipinski definition) is 5. The Bertz CT molecular complexity index is 618. The van der Waals surface area contributed by atoms with Gasteiger partial charge in [-0.2, -0.15) is 0 Å². The summed E-state index contributed by atoms with van der Waals surface area (Å²) < 4.78 is 10.7. The number of rotatable bonds is 6. The number of ether oxygens (including phenoxy) is 2. The van der Waals surface area contributed by atoms with E-state index in [0.717, 1.165) is 0 Å². The van der Waals surface area contributed by atoms with Gasteiger partial charge in [0.2, 0.25) is 6.10 Å². The van der Waals surface area contributed by atoms with Crippen LogP contribution in [0.5, 0.6) is 5.75 Å². The van der Waals surface area contributed by atoms with E-state index >= 15 is 0 Å². The van der Waals surface area contributed by atoms with Crippen molar-refractivity contribution in [3.05, 3.63) is 52.5 Å². The van der Waals surface area contributed by atoms with Crippen molar-refractivity contribution in [2.75, 3.05) is 6.61 Å². The minimum Gasteiger partial charge on any atom is -0.478 e. The minimum atomic E-state index is -0.855. The monoisotopic (exact) mass is 340 g/mol. The van der Waals surface area contributed by atoms with Gasteiger partial charge in [-0.3, -0.25) is 9.97 Å². The Morgan fingerprint density at radius 1 is 1.23 bits per heavy atom. The van der Waals surface area contributed by atoms with Crippen LogP contribution in [0.2, 0.25) is 10.0 Å². The summed E-state index contributed by atoms with van der Waals surface area (Å²) >= 11 is 11.9. The van der Waals surface area contributed by atoms with Gasteiger partial charge >= 0.3 is 5.97 Å². The van der Waals surface area contributed by atoms with Gasteiger partial charge < -0.3 is 9.47 Å². The van der Waals surface area contributed by atoms with Gasteiger partial charge in [0.05, 0.1) is 12.3 Å². The summed E-state index contributed by atoms with van der Waals surface area (Å²) in [7, 11) is 0. The number of halogens is 2. The SMILES string of the molecule is CCOC(=O)C(Cc1cnccn1)Oc1cc(Cl)cc(Cl)c1. The topological polar surface area (TPSA) is 61.3 Å². The fraction of sp³-hybridized carbons (Fsp3) is 0.267. The van der Waals surface area contributed by atoms with Crippen LogP contribution in [0.15, 0.2) is 36.8 Å². The average Bonchev–Trinajstić information content (AvgIpc) is 2.47. The van der Waals surface area contributed by atoms with Gasteiger partial charge in [-0.15, -0.1) is 0 Å². The summed E-state index contributed by atoms with van der Waals surface area (Å²) in [5.74, 6) is -0.0938. The van der Waals surface area contributed by atoms with E-state index in [0.29, 0.717) is 21.5 Å². The maximum Gasteiger partial charge on any atom is 0.347 e. The Morgan fingerprint density at radius 2 is 1.95 bits per heavy atom. The molecule has 2 rings (SSSR count). The fourth-order valence-corrected chi connectivity index (χ4v) is 2.30. The molecule has 5 nitrogen and oxygen atoms in total. The lowest BCUT2D eigenvalue weighted by Crippen LogP contribution is -2.32. The highest BCUT2D eigenvalue weighted by molar-refractivity contribution is 6.34. The van der Waals surface area contributed by atoms with Crippen LogP contribution in [0.3, 0.4) is 0 Å². The quantitative estimate of drug-likeness (QED) is 0.754. The van der Waals surface area contributed by atoms with Crippen molar-refractivity contribution in [2.24, 2.45) is 0 Å². The first-order chi connectivity index (χ1) is 10.6. The molecule has 1 heterocycles. The first kappa shape index (κ1) is 16.5. The Morgan fingerprint density at radius 3 is 2.55 bits per heavy atom. The van der Waals surface area contributed by atoms with Gasteiger partial charge in [-0.05, 0) is 25.1 Å². The molecule has 0 amide bonds. The van der Waals surface area contributed by atoms with Crippen LogP contribution in [0.25, 0.3) is 0 Å². The number of hydrogen-bond donors (Lipinski definition) is 0. The first-order valence-corrected chi connectivity index (χ1v) is 7.38. The number of aromatic nitrogens is 2. The molecule has 22 heavy (non-hydrogen) atoms. The van der Waals surface area contributed by atoms with Crippen molar-refractivity contribution in [3.8, 4) is 5.75 Å². The van der Waals surface area contributed by atoms with Gasteiger partial charge in [0, 0.05) is 35.1 Å². The van der Waals surface area contributed by atoms with Gasteiger partial charge in [0.25, 0.3) is 0 Å². The molecule has 1 atom stereocenters. The maximum atomic E-state index is 12.1. The Kier molecular flexibility index (Phi) is 5.98. The van der Waals surface area contributed by atoms with E-state index < -0.39 is 12.1 Å². The molecule has 0 radical (unpaired) electrons. The zero-order chi connectivity index (χ0) is 15.9. The molecule has 0 saturated heterocycles. The smallest absolute Gasteiger partial charge is 0.347 e. The summed E-state index contributed by atoms with van der Waals surface area (Å²) in [5, 5.41) is 0.842. The van der Waals surface area contributed by atoms with Gasteiger partial charge in [0.1, 0.15) is 5.75 Å². The molecule has 0 aliphatic rings. The average molecular weight is 341 g/mol. The Balaban J connectivity index is 2.18. The summed E-state index contributed by atoms with van der Waals surface area (Å²) in [6.07, 6.45) is 4.05. The predicted octanol–water partition coefficient (Wildman–Crippen LogP) is 3.34. The lowest BCUT2D eigenvalue weighted by atomic mass is 10.2. The number of carbonyl (C=O) groups is 1. The maximum absolute atomic E-state index is 12.1. The van der Waals surface area contributed by atoms with E-state index in [9.17, 15) is 4.79 Å². The lowest BCUT2D eigenvalue weighted by Gasteiger charge is -2.17. The van der Waals surface area contributed by atoms with Gasteiger partial charge in [-0.25, -0.2) is 4.79 Å². The van der Waals surface area contributed by atoms with Crippen LogP contribution >= 0.6 is 23.2 Å². The second-order valence-electron chi connectivity index (χ2n) is 4.36. The third kappa shape index (κ3) is 4.86. The van der Waals surface area contributed by atoms with Crippen molar-refractivity contribution >= 4 is 29.2 Å². The van der Waals surface area contributed by atoms with Crippen LogP contribution in [-0.4, -0.2) is 28.6 Å². The number of esters is 1. The van der Waals surface area contributed by atoms with Gasteiger partial charge in [-0.1, -0.05) is 23.2 Å². The van der Waals surface area contributed by atoms with Crippen molar-refractivity contribution in [1.29, 1.82) is 0 Å². The second-order valence-corrected chi connectivity index (χ2v) is 5.24. The second kappa shape index (κ2) is 7.96. The Labute approximate surface area is 138 Å². The predicted molar refractivity (Wildman–Crippen MR) is 83.2 cm³/mol. The standard InChI is InChI=1S/C15H14Cl2N2O3/c1-2-21-15(20)14(8-12-9-18-3-4-19-12)22-13-6-10(16)5-11(17)7-13/h3-7,9,14H,2,8H2,1H3. The highest BCUT2D eigenvalue weighted by Gasteiger charge is 2.23. The molecule has 0 spiro atoms. The van der Waals surface area contributed by atoms with Crippen molar-refractivity contribution in [2.45, 2.75) is 19.4 Å². The molecule has 0 aliphatic carbocycles. The first-order valence-electron chi connectivity index (χ1n) is 6.62. The zero-order valence-corrected chi connectivity index (χ0v) is 13.3. The third-order valence-electron chi connectivity index (χ3n) is 2.68. The van der Waals surface area contributed by atoms with Gasteiger partial charge in [0.15, 0.2) is 0 Å².